The standard InChI is InChI=1S/C20H18N4O2S/c25-17(21-12-13-6-2-1-3-7-13)11-10-16-19(26)24-18(22-16)14-8-4-5-9-15(14)23-20(24)27/h1-9,16,22H,10-12H2,(H,21,25)/t16-/m0/s1. The summed E-state index contributed by atoms with van der Waals surface area (Å²) in [4.78, 5) is 29.2. The molecule has 0 spiro atoms. The van der Waals surface area contributed by atoms with Gasteiger partial charge in [0, 0.05) is 18.4 Å². The van der Waals surface area contributed by atoms with E-state index in [1.54, 1.807) is 0 Å². The lowest BCUT2D eigenvalue weighted by Gasteiger charge is -2.09. The Labute approximate surface area is 161 Å². The smallest absolute Gasteiger partial charge is 0.257 e. The minimum Gasteiger partial charge on any atom is -0.359 e. The second kappa shape index (κ2) is 7.28. The Morgan fingerprint density at radius 3 is 2.70 bits per heavy atom. The van der Waals surface area contributed by atoms with Crippen LogP contribution < -0.4 is 10.6 Å². The van der Waals surface area contributed by atoms with Gasteiger partial charge in [0.2, 0.25) is 10.7 Å². The van der Waals surface area contributed by atoms with Crippen LogP contribution in [-0.4, -0.2) is 27.4 Å². The molecule has 0 saturated carbocycles. The molecule has 27 heavy (non-hydrogen) atoms. The predicted molar refractivity (Wildman–Crippen MR) is 106 cm³/mol. The van der Waals surface area contributed by atoms with E-state index in [4.69, 9.17) is 12.2 Å². The molecule has 0 bridgehead atoms. The van der Waals surface area contributed by atoms with E-state index in [0.717, 1.165) is 16.5 Å². The lowest BCUT2D eigenvalue weighted by molar-refractivity contribution is -0.121. The molecule has 1 aromatic heterocycles. The number of carbonyl (C=O) groups is 2. The molecule has 0 fully saturated rings. The van der Waals surface area contributed by atoms with Crippen LogP contribution in [0.1, 0.15) is 23.2 Å². The monoisotopic (exact) mass is 378 g/mol. The molecule has 2 N–H and O–H groups in total. The number of benzene rings is 2. The van der Waals surface area contributed by atoms with Gasteiger partial charge in [-0.25, -0.2) is 9.55 Å². The highest BCUT2D eigenvalue weighted by Crippen LogP contribution is 2.29. The fourth-order valence-corrected chi connectivity index (χ4v) is 3.51. The Morgan fingerprint density at radius 1 is 1.15 bits per heavy atom. The average molecular weight is 378 g/mol. The van der Waals surface area contributed by atoms with Crippen LogP contribution in [0.2, 0.25) is 0 Å². The van der Waals surface area contributed by atoms with Gasteiger partial charge in [-0.1, -0.05) is 42.5 Å². The third kappa shape index (κ3) is 3.46. The molecule has 0 radical (unpaired) electrons. The number of carbonyl (C=O) groups excluding carboxylic acids is 2. The zero-order valence-corrected chi connectivity index (χ0v) is 15.3. The van der Waals surface area contributed by atoms with Gasteiger partial charge in [-0.05, 0) is 36.3 Å². The fourth-order valence-electron chi connectivity index (χ4n) is 3.23. The van der Waals surface area contributed by atoms with E-state index < -0.39 is 6.04 Å². The summed E-state index contributed by atoms with van der Waals surface area (Å²) in [6, 6.07) is 16.8. The van der Waals surface area contributed by atoms with Crippen LogP contribution in [0.3, 0.4) is 0 Å². The first kappa shape index (κ1) is 17.4. The zero-order chi connectivity index (χ0) is 18.8. The Morgan fingerprint density at radius 2 is 1.89 bits per heavy atom. The van der Waals surface area contributed by atoms with Crippen molar-refractivity contribution < 1.29 is 9.59 Å². The predicted octanol–water partition coefficient (Wildman–Crippen LogP) is 3.30. The Bertz CT molecular complexity index is 1080. The number of para-hydroxylation sites is 1. The molecule has 1 aliphatic rings. The van der Waals surface area contributed by atoms with Crippen molar-refractivity contribution in [3.05, 3.63) is 64.9 Å². The molecule has 2 aromatic carbocycles. The van der Waals surface area contributed by atoms with Gasteiger partial charge in [-0.2, -0.15) is 0 Å². The summed E-state index contributed by atoms with van der Waals surface area (Å²) in [5.41, 5.74) is 1.78. The number of nitrogens with zero attached hydrogens (tertiary/aromatic N) is 2. The molecule has 0 saturated heterocycles. The second-order valence-corrected chi connectivity index (χ2v) is 6.80. The topological polar surface area (TPSA) is 76.0 Å². The fraction of sp³-hybridized carbons (Fsp3) is 0.200. The van der Waals surface area contributed by atoms with Crippen LogP contribution in [0.25, 0.3) is 10.9 Å². The summed E-state index contributed by atoms with van der Waals surface area (Å²) in [5, 5.41) is 6.95. The van der Waals surface area contributed by atoms with Crippen LogP contribution in [0.5, 0.6) is 0 Å². The summed E-state index contributed by atoms with van der Waals surface area (Å²) in [7, 11) is 0. The molecule has 0 aliphatic carbocycles. The van der Waals surface area contributed by atoms with Crippen LogP contribution >= 0.6 is 12.2 Å². The highest BCUT2D eigenvalue weighted by molar-refractivity contribution is 7.71. The van der Waals surface area contributed by atoms with E-state index >= 15 is 0 Å². The first-order valence-electron chi connectivity index (χ1n) is 8.76. The van der Waals surface area contributed by atoms with Crippen molar-refractivity contribution in [2.75, 3.05) is 5.32 Å². The largest absolute Gasteiger partial charge is 0.359 e. The van der Waals surface area contributed by atoms with Crippen LogP contribution in [-0.2, 0) is 11.3 Å². The van der Waals surface area contributed by atoms with E-state index in [1.165, 1.54) is 4.57 Å². The molecule has 1 atom stereocenters. The van der Waals surface area contributed by atoms with Gasteiger partial charge in [-0.15, -0.1) is 0 Å². The maximum absolute atomic E-state index is 12.7. The summed E-state index contributed by atoms with van der Waals surface area (Å²) >= 11 is 5.28. The van der Waals surface area contributed by atoms with Gasteiger partial charge in [0.1, 0.15) is 11.9 Å². The van der Waals surface area contributed by atoms with Crippen molar-refractivity contribution in [2.24, 2.45) is 0 Å². The first-order valence-corrected chi connectivity index (χ1v) is 9.17. The Kier molecular flexibility index (Phi) is 4.68. The van der Waals surface area contributed by atoms with Crippen molar-refractivity contribution in [3.8, 4) is 0 Å². The summed E-state index contributed by atoms with van der Waals surface area (Å²) in [6.45, 7) is 0.478. The third-order valence-electron chi connectivity index (χ3n) is 4.61. The maximum atomic E-state index is 12.7. The van der Waals surface area contributed by atoms with Gasteiger partial charge in [0.05, 0.1) is 5.52 Å². The van der Waals surface area contributed by atoms with E-state index in [-0.39, 0.29) is 23.0 Å². The molecule has 0 unspecified atom stereocenters. The Hall–Kier alpha value is -3.06. The average Bonchev–Trinajstić information content (AvgIpc) is 3.03. The highest BCUT2D eigenvalue weighted by Gasteiger charge is 2.31. The number of nitrogens with one attached hydrogen (secondary N) is 2. The molecule has 1 aliphatic heterocycles. The molecule has 2 heterocycles. The summed E-state index contributed by atoms with van der Waals surface area (Å²) in [6.07, 6.45) is 0.646. The van der Waals surface area contributed by atoms with Crippen molar-refractivity contribution >= 4 is 40.8 Å². The van der Waals surface area contributed by atoms with Gasteiger partial charge < -0.3 is 10.6 Å². The van der Waals surface area contributed by atoms with Crippen molar-refractivity contribution in [1.29, 1.82) is 0 Å². The number of rotatable bonds is 5. The van der Waals surface area contributed by atoms with Gasteiger partial charge >= 0.3 is 0 Å². The molecular weight excluding hydrogens is 360 g/mol. The number of amides is 1. The SMILES string of the molecule is O=C(CC[C@@H]1Nc2c3ccccc3nc(=S)n2C1=O)NCc1ccccc1. The van der Waals surface area contributed by atoms with E-state index in [1.807, 2.05) is 54.6 Å². The van der Waals surface area contributed by atoms with Crippen LogP contribution in [0.4, 0.5) is 5.82 Å². The highest BCUT2D eigenvalue weighted by atomic mass is 32.1. The van der Waals surface area contributed by atoms with E-state index in [0.29, 0.717) is 18.8 Å². The van der Waals surface area contributed by atoms with E-state index in [2.05, 4.69) is 15.6 Å². The normalized spacial score (nSPS) is 15.4. The third-order valence-corrected chi connectivity index (χ3v) is 4.89. The number of fused-ring (bicyclic) bond motifs is 3. The molecule has 136 valence electrons. The molecule has 6 nitrogen and oxygen atoms in total. The minimum atomic E-state index is -0.484. The second-order valence-electron chi connectivity index (χ2n) is 6.43. The van der Waals surface area contributed by atoms with Gasteiger partial charge in [0.25, 0.3) is 5.91 Å². The number of hydrogen-bond acceptors (Lipinski definition) is 5. The molecule has 3 aromatic rings. The van der Waals surface area contributed by atoms with Crippen molar-refractivity contribution in [1.82, 2.24) is 14.9 Å². The first-order chi connectivity index (χ1) is 13.1. The lowest BCUT2D eigenvalue weighted by Crippen LogP contribution is -2.29. The molecule has 4 rings (SSSR count). The summed E-state index contributed by atoms with van der Waals surface area (Å²) in [5.74, 6) is 0.408. The zero-order valence-electron chi connectivity index (χ0n) is 14.5. The van der Waals surface area contributed by atoms with Crippen molar-refractivity contribution in [2.45, 2.75) is 25.4 Å². The van der Waals surface area contributed by atoms with Crippen LogP contribution in [0.15, 0.2) is 54.6 Å². The molecule has 1 amide bonds. The quantitative estimate of drug-likeness (QED) is 0.666. The number of aromatic nitrogens is 2. The number of hydrogen-bond donors (Lipinski definition) is 2. The van der Waals surface area contributed by atoms with Crippen LogP contribution in [0, 0.1) is 4.77 Å². The summed E-state index contributed by atoms with van der Waals surface area (Å²) < 4.78 is 1.67. The Balaban J connectivity index is 1.43. The maximum Gasteiger partial charge on any atom is 0.257 e. The van der Waals surface area contributed by atoms with Gasteiger partial charge in [-0.3, -0.25) is 9.59 Å². The molecular formula is C20H18N4O2S. The van der Waals surface area contributed by atoms with Crippen molar-refractivity contribution in [3.63, 3.8) is 0 Å². The lowest BCUT2D eigenvalue weighted by atomic mass is 10.1. The molecule has 7 heteroatoms. The van der Waals surface area contributed by atoms with E-state index in [9.17, 15) is 9.59 Å². The van der Waals surface area contributed by atoms with Gasteiger partial charge in [0.15, 0.2) is 0 Å². The minimum absolute atomic E-state index is 0.0870. The number of anilines is 1.